The van der Waals surface area contributed by atoms with E-state index in [4.69, 9.17) is 11.6 Å². The van der Waals surface area contributed by atoms with Crippen molar-refractivity contribution in [2.75, 3.05) is 26.5 Å². The van der Waals surface area contributed by atoms with E-state index in [0.717, 1.165) is 6.54 Å². The lowest BCUT2D eigenvalue weighted by molar-refractivity contribution is -0.122. The Kier molecular flexibility index (Phi) is 45.5. The van der Waals surface area contributed by atoms with Crippen molar-refractivity contribution in [1.82, 2.24) is 4.90 Å². The van der Waals surface area contributed by atoms with Crippen molar-refractivity contribution in [3.8, 4) is 11.8 Å². The Morgan fingerprint density at radius 3 is 1.11 bits per heavy atom. The topological polar surface area (TPSA) is 106 Å². The highest BCUT2D eigenvalue weighted by molar-refractivity contribution is 6.27. The van der Waals surface area contributed by atoms with Crippen LogP contribution in [0.15, 0.2) is 24.8 Å². The summed E-state index contributed by atoms with van der Waals surface area (Å²) < 4.78 is 0. The van der Waals surface area contributed by atoms with E-state index in [2.05, 4.69) is 18.4 Å². The van der Waals surface area contributed by atoms with Crippen LogP contribution in [0.5, 0.6) is 0 Å². The fraction of sp³-hybridized carbons (Fsp3) is 0.692. The van der Waals surface area contributed by atoms with Gasteiger partial charge in [-0.25, -0.2) is 0 Å². The molecule has 0 atom stereocenters. The normalized spacial score (nSPS) is 9.81. The summed E-state index contributed by atoms with van der Waals surface area (Å²) in [6, 6.07) is 0. The Bertz CT molecular complexity index is 914. The zero-order chi connectivity index (χ0) is 38.9. The number of nitrogens with zero attached hydrogens (tertiary/aromatic N) is 1. The summed E-state index contributed by atoms with van der Waals surface area (Å²) in [5.74, 6) is 7.13. The van der Waals surface area contributed by atoms with Crippen LogP contribution in [0.1, 0.15) is 117 Å². The number of ketones is 6. The van der Waals surface area contributed by atoms with Gasteiger partial charge in [-0.1, -0.05) is 116 Å². The van der Waals surface area contributed by atoms with Gasteiger partial charge < -0.3 is 4.90 Å². The van der Waals surface area contributed by atoms with Crippen molar-refractivity contribution < 1.29 is 28.8 Å². The molecule has 0 heterocycles. The predicted molar refractivity (Wildman–Crippen MR) is 202 cm³/mol. The van der Waals surface area contributed by atoms with Gasteiger partial charge in [-0.05, 0) is 39.1 Å². The van der Waals surface area contributed by atoms with Gasteiger partial charge in [0.15, 0.2) is 11.6 Å². The Labute approximate surface area is 294 Å². The van der Waals surface area contributed by atoms with Crippen LogP contribution in [0.2, 0.25) is 0 Å². The fourth-order valence-corrected chi connectivity index (χ4v) is 2.35. The first kappa shape index (κ1) is 56.6. The quantitative estimate of drug-likeness (QED) is 0.0828. The SMILES string of the molecule is C=CC(=O)C(C)C.CC#CC(=O)C(C)C.CC(C)C(=O)/C=C/CN(C)C.CC(C)C(=O)CCl.CCC(=O)C(C)C.CCC(=O)C(C)C. The zero-order valence-electron chi connectivity index (χ0n) is 33.0. The van der Waals surface area contributed by atoms with Gasteiger partial charge in [0, 0.05) is 54.9 Å². The van der Waals surface area contributed by atoms with Gasteiger partial charge in [0.1, 0.15) is 17.3 Å². The molecule has 0 unspecified atom stereocenters. The summed E-state index contributed by atoms with van der Waals surface area (Å²) in [5, 5.41) is 0. The van der Waals surface area contributed by atoms with Gasteiger partial charge in [-0.3, -0.25) is 28.8 Å². The Morgan fingerprint density at radius 2 is 1.00 bits per heavy atom. The van der Waals surface area contributed by atoms with Crippen molar-refractivity contribution in [1.29, 1.82) is 0 Å². The Morgan fingerprint density at radius 1 is 0.638 bits per heavy atom. The largest absolute Gasteiger partial charge is 0.306 e. The molecule has 0 aliphatic carbocycles. The molecule has 0 fully saturated rings. The van der Waals surface area contributed by atoms with Crippen LogP contribution in [0.25, 0.3) is 0 Å². The molecule has 47 heavy (non-hydrogen) atoms. The highest BCUT2D eigenvalue weighted by atomic mass is 35.5. The van der Waals surface area contributed by atoms with Gasteiger partial charge in [-0.2, -0.15) is 0 Å². The summed E-state index contributed by atoms with van der Waals surface area (Å²) >= 11 is 5.20. The molecule has 0 amide bonds. The Balaban J connectivity index is -0.000000108. The molecule has 8 heteroatoms. The second-order valence-electron chi connectivity index (χ2n) is 12.6. The Hall–Kier alpha value is -2.69. The molecule has 0 aromatic heterocycles. The monoisotopic (exact) mass is 683 g/mol. The number of carbonyl (C=O) groups is 6. The highest BCUT2D eigenvalue weighted by Crippen LogP contribution is 1.97. The molecule has 0 aliphatic heterocycles. The number of Topliss-reactive ketones (excluding diaryl/α,β-unsaturated/α-hetero) is 4. The summed E-state index contributed by atoms with van der Waals surface area (Å²) in [7, 11) is 3.95. The molecule has 0 aliphatic rings. The van der Waals surface area contributed by atoms with Crippen molar-refractivity contribution in [2.45, 2.75) is 117 Å². The average molecular weight is 684 g/mol. The first-order valence-electron chi connectivity index (χ1n) is 16.6. The van der Waals surface area contributed by atoms with Crippen LogP contribution in [0.3, 0.4) is 0 Å². The lowest BCUT2D eigenvalue weighted by atomic mass is 10.1. The number of carbonyl (C=O) groups excluding carboxylic acids is 6. The number of likely N-dealkylation sites (N-methyl/N-ethyl adjacent to an activating group) is 1. The summed E-state index contributed by atoms with van der Waals surface area (Å²) in [4.78, 5) is 65.4. The molecular weight excluding hydrogens is 614 g/mol. The van der Waals surface area contributed by atoms with Gasteiger partial charge in [0.05, 0.1) is 5.88 Å². The lowest BCUT2D eigenvalue weighted by Gasteiger charge is -2.03. The van der Waals surface area contributed by atoms with Crippen molar-refractivity contribution in [3.05, 3.63) is 24.8 Å². The predicted octanol–water partition coefficient (Wildman–Crippen LogP) is 8.65. The number of rotatable bonds is 13. The molecule has 274 valence electrons. The third kappa shape index (κ3) is 50.4. The summed E-state index contributed by atoms with van der Waals surface area (Å²) in [6.07, 6.45) is 6.26. The zero-order valence-corrected chi connectivity index (χ0v) is 33.8. The van der Waals surface area contributed by atoms with E-state index in [9.17, 15) is 28.8 Å². The maximum Gasteiger partial charge on any atom is 0.207 e. The molecule has 0 spiro atoms. The maximum absolute atomic E-state index is 11.0. The number of hydrogen-bond acceptors (Lipinski definition) is 7. The molecule has 0 saturated heterocycles. The molecular formula is C39H70ClNO6. The number of alkyl halides is 1. The number of hydrogen-bond donors (Lipinski definition) is 0. The standard InChI is InChI=1S/C9H17NO.C7H10O.2C6H12O.C6H10O.C5H9ClO/c1-8(2)9(11)6-5-7-10(3)4;1-4-5-7(8)6(2)3;3*1-4-6(7)5(2)3;1-4(2)5(7)3-6/h5-6,8H,7H2,1-4H3;6H,1-3H3;2*5H,4H2,1-3H3;4-5H,1H2,2-3H3;4H,3H2,1-2H3/b6-5+;;;;;. The highest BCUT2D eigenvalue weighted by Gasteiger charge is 2.03. The minimum absolute atomic E-state index is 0.0208. The van der Waals surface area contributed by atoms with Crippen LogP contribution >= 0.6 is 11.6 Å². The number of halogens is 1. The van der Waals surface area contributed by atoms with Crippen LogP contribution in [-0.4, -0.2) is 66.1 Å². The van der Waals surface area contributed by atoms with Gasteiger partial charge in [-0.15, -0.1) is 11.6 Å². The van der Waals surface area contributed by atoms with Crippen LogP contribution in [0.4, 0.5) is 0 Å². The molecule has 0 aromatic carbocycles. The molecule has 0 rings (SSSR count). The molecule has 0 bridgehead atoms. The number of allylic oxidation sites excluding steroid dienone is 2. The lowest BCUT2D eigenvalue weighted by Crippen LogP contribution is -2.11. The van der Waals surface area contributed by atoms with Crippen LogP contribution in [0, 0.1) is 47.3 Å². The molecule has 0 aromatic rings. The molecule has 7 nitrogen and oxygen atoms in total. The first-order chi connectivity index (χ1) is 21.4. The van der Waals surface area contributed by atoms with E-state index in [1.54, 1.807) is 13.0 Å². The third-order valence-corrected chi connectivity index (χ3v) is 5.89. The van der Waals surface area contributed by atoms with E-state index in [0.29, 0.717) is 24.4 Å². The second-order valence-corrected chi connectivity index (χ2v) is 12.8. The van der Waals surface area contributed by atoms with E-state index < -0.39 is 0 Å². The average Bonchev–Trinajstić information content (AvgIpc) is 3.00. The van der Waals surface area contributed by atoms with E-state index in [-0.39, 0.29) is 64.5 Å². The minimum atomic E-state index is 0.0208. The minimum Gasteiger partial charge on any atom is -0.306 e. The van der Waals surface area contributed by atoms with Crippen molar-refractivity contribution >= 4 is 46.3 Å². The second kappa shape index (κ2) is 37.8. The van der Waals surface area contributed by atoms with Crippen molar-refractivity contribution in [3.63, 3.8) is 0 Å². The van der Waals surface area contributed by atoms with Gasteiger partial charge in [0.25, 0.3) is 0 Å². The van der Waals surface area contributed by atoms with Crippen LogP contribution < -0.4 is 0 Å². The van der Waals surface area contributed by atoms with Gasteiger partial charge >= 0.3 is 0 Å². The van der Waals surface area contributed by atoms with E-state index in [1.165, 1.54) is 6.08 Å². The van der Waals surface area contributed by atoms with E-state index in [1.807, 2.05) is 122 Å². The smallest absolute Gasteiger partial charge is 0.207 e. The molecule has 0 radical (unpaired) electrons. The van der Waals surface area contributed by atoms with Crippen molar-refractivity contribution in [2.24, 2.45) is 35.5 Å². The van der Waals surface area contributed by atoms with E-state index >= 15 is 0 Å². The summed E-state index contributed by atoms with van der Waals surface area (Å²) in [6.45, 7) is 32.2. The van der Waals surface area contributed by atoms with Crippen LogP contribution in [-0.2, 0) is 28.8 Å². The van der Waals surface area contributed by atoms with Gasteiger partial charge in [0.2, 0.25) is 5.78 Å². The molecule has 0 saturated carbocycles. The third-order valence-electron chi connectivity index (χ3n) is 5.62. The fourth-order valence-electron chi connectivity index (χ4n) is 2.05. The summed E-state index contributed by atoms with van der Waals surface area (Å²) in [5.41, 5.74) is 0. The molecule has 0 N–H and O–H groups in total. The first-order valence-corrected chi connectivity index (χ1v) is 17.1. The maximum atomic E-state index is 11.0.